The molecule has 1 fully saturated rings. The van der Waals surface area contributed by atoms with E-state index in [0.29, 0.717) is 0 Å². The van der Waals surface area contributed by atoms with Gasteiger partial charge < -0.3 is 4.74 Å². The van der Waals surface area contributed by atoms with Gasteiger partial charge in [0.2, 0.25) is 0 Å². The van der Waals surface area contributed by atoms with Gasteiger partial charge in [0.1, 0.15) is 0 Å². The largest absolute Gasteiger partial charge is 0.378 e. The zero-order valence-corrected chi connectivity index (χ0v) is 12.4. The Morgan fingerprint density at radius 2 is 1.85 bits per heavy atom. The SMILES string of the molecule is C[SiH](C)C1([Si](Cl)(Cl)Cl)CCCCO1. The fourth-order valence-electron chi connectivity index (χ4n) is 1.82. The predicted molar refractivity (Wildman–Crippen MR) is 64.7 cm³/mol. The van der Waals surface area contributed by atoms with Gasteiger partial charge in [-0.25, -0.2) is 0 Å². The van der Waals surface area contributed by atoms with Crippen LogP contribution in [0.1, 0.15) is 19.3 Å². The summed E-state index contributed by atoms with van der Waals surface area (Å²) in [5.41, 5.74) is 0. The quantitative estimate of drug-likeness (QED) is 0.557. The average Bonchev–Trinajstić information content (AvgIpc) is 2.03. The van der Waals surface area contributed by atoms with Gasteiger partial charge in [-0.3, -0.25) is 0 Å². The lowest BCUT2D eigenvalue weighted by atomic mass is 10.2. The molecule has 0 radical (unpaired) electrons. The van der Waals surface area contributed by atoms with Crippen LogP contribution in [0.2, 0.25) is 13.1 Å². The van der Waals surface area contributed by atoms with E-state index >= 15 is 0 Å². The van der Waals surface area contributed by atoms with E-state index in [2.05, 4.69) is 13.1 Å². The van der Waals surface area contributed by atoms with E-state index < -0.39 is 14.8 Å². The molecule has 0 bridgehead atoms. The first-order valence-corrected chi connectivity index (χ1v) is 12.5. The van der Waals surface area contributed by atoms with Crippen LogP contribution < -0.4 is 0 Å². The van der Waals surface area contributed by atoms with Gasteiger partial charge in [-0.15, -0.1) is 33.2 Å². The molecule has 0 amide bonds. The summed E-state index contributed by atoms with van der Waals surface area (Å²) in [6.07, 6.45) is 3.21. The van der Waals surface area contributed by atoms with Crippen molar-refractivity contribution in [2.45, 2.75) is 37.2 Å². The van der Waals surface area contributed by atoms with Crippen molar-refractivity contribution >= 4 is 48.0 Å². The Labute approximate surface area is 96.4 Å². The standard InChI is InChI=1S/C7H15Cl3OSi2/c1-12(2)7(13(8,9)10)5-3-4-6-11-7/h12H,3-6H2,1-2H3. The van der Waals surface area contributed by atoms with E-state index in [1.807, 2.05) is 0 Å². The molecule has 1 atom stereocenters. The van der Waals surface area contributed by atoms with E-state index in [1.165, 1.54) is 0 Å². The second-order valence-electron chi connectivity index (χ2n) is 3.85. The number of hydrogen-bond acceptors (Lipinski definition) is 1. The van der Waals surface area contributed by atoms with Crippen LogP contribution in [0.25, 0.3) is 0 Å². The monoisotopic (exact) mass is 276 g/mol. The molecule has 0 N–H and O–H groups in total. The molecule has 0 aromatic carbocycles. The summed E-state index contributed by atoms with van der Waals surface area (Å²) < 4.78 is 5.82. The van der Waals surface area contributed by atoms with Crippen LogP contribution >= 0.6 is 33.2 Å². The maximum absolute atomic E-state index is 6.14. The predicted octanol–water partition coefficient (Wildman–Crippen LogP) is 3.15. The minimum atomic E-state index is -2.71. The van der Waals surface area contributed by atoms with Crippen LogP contribution in [0.5, 0.6) is 0 Å². The summed E-state index contributed by atoms with van der Waals surface area (Å²) in [7, 11) is -1.07. The highest BCUT2D eigenvalue weighted by Gasteiger charge is 2.55. The molecular weight excluding hydrogens is 263 g/mol. The molecule has 1 nitrogen and oxygen atoms in total. The Kier molecular flexibility index (Phi) is 4.19. The highest BCUT2D eigenvalue weighted by Crippen LogP contribution is 2.43. The Morgan fingerprint density at radius 3 is 2.08 bits per heavy atom. The van der Waals surface area contributed by atoms with E-state index in [-0.39, 0.29) is 4.85 Å². The van der Waals surface area contributed by atoms with Gasteiger partial charge in [-0.1, -0.05) is 13.1 Å². The van der Waals surface area contributed by atoms with Crippen molar-refractivity contribution in [2.75, 3.05) is 6.61 Å². The highest BCUT2D eigenvalue weighted by molar-refractivity contribution is 7.67. The minimum absolute atomic E-state index is 0.310. The second-order valence-corrected chi connectivity index (χ2v) is 16.4. The van der Waals surface area contributed by atoms with Gasteiger partial charge in [-0.05, 0) is 19.3 Å². The van der Waals surface area contributed by atoms with E-state index in [4.69, 9.17) is 38.0 Å². The molecule has 0 saturated carbocycles. The lowest BCUT2D eigenvalue weighted by Crippen LogP contribution is -2.60. The summed E-state index contributed by atoms with van der Waals surface area (Å²) >= 11 is 18.4. The van der Waals surface area contributed by atoms with Crippen LogP contribution in [0.4, 0.5) is 0 Å². The lowest BCUT2D eigenvalue weighted by Gasteiger charge is -2.43. The van der Waals surface area contributed by atoms with Crippen LogP contribution in [0.15, 0.2) is 0 Å². The van der Waals surface area contributed by atoms with Crippen LogP contribution in [0.3, 0.4) is 0 Å². The fraction of sp³-hybridized carbons (Fsp3) is 1.00. The zero-order valence-electron chi connectivity index (χ0n) is 7.95. The van der Waals surface area contributed by atoms with Crippen molar-refractivity contribution in [1.82, 2.24) is 0 Å². The summed E-state index contributed by atoms with van der Waals surface area (Å²) in [6.45, 7) is 5.19. The molecule has 13 heavy (non-hydrogen) atoms. The second kappa shape index (κ2) is 4.41. The highest BCUT2D eigenvalue weighted by atomic mass is 35.8. The number of halogens is 3. The average molecular weight is 278 g/mol. The Bertz CT molecular complexity index is 175. The molecule has 1 unspecified atom stereocenters. The molecule has 1 aliphatic heterocycles. The first-order chi connectivity index (χ1) is 5.90. The van der Waals surface area contributed by atoms with E-state index in [0.717, 1.165) is 25.9 Å². The summed E-state index contributed by atoms with van der Waals surface area (Å²) in [5, 5.41) is 0. The van der Waals surface area contributed by atoms with Gasteiger partial charge in [0, 0.05) is 6.61 Å². The van der Waals surface area contributed by atoms with Gasteiger partial charge in [0.05, 0.1) is 13.6 Å². The molecule has 0 aliphatic carbocycles. The number of hydrogen-bond donors (Lipinski definition) is 0. The molecule has 1 heterocycles. The molecule has 78 valence electrons. The lowest BCUT2D eigenvalue weighted by molar-refractivity contribution is 0.0305. The Balaban J connectivity index is 2.86. The minimum Gasteiger partial charge on any atom is -0.378 e. The molecule has 6 heteroatoms. The smallest absolute Gasteiger partial charge is 0.368 e. The summed E-state index contributed by atoms with van der Waals surface area (Å²) in [6, 6.07) is -2.71. The molecule has 1 rings (SSSR count). The Morgan fingerprint density at radius 1 is 1.23 bits per heavy atom. The molecule has 1 saturated heterocycles. The van der Waals surface area contributed by atoms with Crippen LogP contribution in [0, 0.1) is 0 Å². The molecule has 0 spiro atoms. The van der Waals surface area contributed by atoms with Crippen molar-refractivity contribution in [1.29, 1.82) is 0 Å². The van der Waals surface area contributed by atoms with Crippen molar-refractivity contribution in [3.05, 3.63) is 0 Å². The summed E-state index contributed by atoms with van der Waals surface area (Å²) in [4.78, 5) is -0.310. The van der Waals surface area contributed by atoms with Gasteiger partial charge >= 0.3 is 6.00 Å². The van der Waals surface area contributed by atoms with Crippen molar-refractivity contribution in [2.24, 2.45) is 0 Å². The number of ether oxygens (including phenoxy) is 1. The van der Waals surface area contributed by atoms with E-state index in [1.54, 1.807) is 0 Å². The molecular formula is C7H15Cl3OSi2. The van der Waals surface area contributed by atoms with Crippen molar-refractivity contribution in [3.8, 4) is 0 Å². The third-order valence-electron chi connectivity index (χ3n) is 2.71. The molecule has 0 aromatic heterocycles. The van der Waals surface area contributed by atoms with Crippen LogP contribution in [-0.2, 0) is 4.74 Å². The van der Waals surface area contributed by atoms with Gasteiger partial charge in [0.15, 0.2) is 0 Å². The topological polar surface area (TPSA) is 9.23 Å². The Hall–Kier alpha value is 1.26. The number of rotatable bonds is 2. The molecule has 1 aliphatic rings. The van der Waals surface area contributed by atoms with Gasteiger partial charge in [0.25, 0.3) is 0 Å². The molecule has 0 aromatic rings. The van der Waals surface area contributed by atoms with E-state index in [9.17, 15) is 0 Å². The first-order valence-electron chi connectivity index (χ1n) is 4.61. The van der Waals surface area contributed by atoms with Crippen molar-refractivity contribution in [3.63, 3.8) is 0 Å². The van der Waals surface area contributed by atoms with Crippen molar-refractivity contribution < 1.29 is 4.74 Å². The maximum Gasteiger partial charge on any atom is 0.368 e. The summed E-state index contributed by atoms with van der Waals surface area (Å²) in [5.74, 6) is 0. The maximum atomic E-state index is 6.14. The van der Waals surface area contributed by atoms with Gasteiger partial charge in [-0.2, -0.15) is 0 Å². The normalized spacial score (nSPS) is 30.9. The third kappa shape index (κ3) is 2.44. The fourth-order valence-corrected chi connectivity index (χ4v) is 13.6. The zero-order chi connectivity index (χ0) is 10.1. The first kappa shape index (κ1) is 12.3. The van der Waals surface area contributed by atoms with Crippen LogP contribution in [-0.4, -0.2) is 26.3 Å². The third-order valence-corrected chi connectivity index (χ3v) is 13.9.